The number of hydrogen-bond donors (Lipinski definition) is 1. The SMILES string of the molecule is COc1ccc(CCC(=O)Nc2cc3c(cc2Cl)OCCO3)cc1OC. The molecule has 0 aliphatic carbocycles. The van der Waals surface area contributed by atoms with Gasteiger partial charge in [-0.25, -0.2) is 0 Å². The summed E-state index contributed by atoms with van der Waals surface area (Å²) in [5, 5.41) is 3.23. The first kappa shape index (κ1) is 18.2. The maximum Gasteiger partial charge on any atom is 0.224 e. The number of hydrogen-bond acceptors (Lipinski definition) is 5. The van der Waals surface area contributed by atoms with E-state index in [-0.39, 0.29) is 5.91 Å². The number of amides is 1. The number of nitrogens with one attached hydrogen (secondary N) is 1. The smallest absolute Gasteiger partial charge is 0.224 e. The van der Waals surface area contributed by atoms with Crippen LogP contribution in [0.15, 0.2) is 30.3 Å². The molecule has 3 rings (SSSR count). The maximum absolute atomic E-state index is 12.3. The zero-order valence-corrected chi connectivity index (χ0v) is 15.4. The third kappa shape index (κ3) is 4.14. The van der Waals surface area contributed by atoms with E-state index in [0.29, 0.717) is 59.8 Å². The summed E-state index contributed by atoms with van der Waals surface area (Å²) in [5.41, 5.74) is 1.49. The Bertz CT molecular complexity index is 809. The monoisotopic (exact) mass is 377 g/mol. The summed E-state index contributed by atoms with van der Waals surface area (Å²) in [6.07, 6.45) is 0.870. The number of rotatable bonds is 6. The van der Waals surface area contributed by atoms with Gasteiger partial charge in [-0.05, 0) is 24.1 Å². The van der Waals surface area contributed by atoms with Crippen LogP contribution in [-0.2, 0) is 11.2 Å². The molecule has 0 fully saturated rings. The third-order valence-corrected chi connectivity index (χ3v) is 4.31. The lowest BCUT2D eigenvalue weighted by Crippen LogP contribution is -2.17. The van der Waals surface area contributed by atoms with Gasteiger partial charge in [0, 0.05) is 18.6 Å². The van der Waals surface area contributed by atoms with Crippen LogP contribution in [0.1, 0.15) is 12.0 Å². The molecule has 1 aliphatic rings. The van der Waals surface area contributed by atoms with Gasteiger partial charge in [0.15, 0.2) is 23.0 Å². The van der Waals surface area contributed by atoms with Gasteiger partial charge < -0.3 is 24.3 Å². The fraction of sp³-hybridized carbons (Fsp3) is 0.316. The molecule has 0 radical (unpaired) electrons. The molecule has 0 saturated carbocycles. The summed E-state index contributed by atoms with van der Waals surface area (Å²) in [5.74, 6) is 2.32. The molecule has 138 valence electrons. The van der Waals surface area contributed by atoms with Crippen LogP contribution >= 0.6 is 11.6 Å². The molecule has 2 aromatic carbocycles. The van der Waals surface area contributed by atoms with Crippen molar-refractivity contribution in [2.45, 2.75) is 12.8 Å². The van der Waals surface area contributed by atoms with Crippen molar-refractivity contribution in [3.63, 3.8) is 0 Å². The highest BCUT2D eigenvalue weighted by atomic mass is 35.5. The summed E-state index contributed by atoms with van der Waals surface area (Å²) in [6.45, 7) is 0.960. The molecule has 0 spiro atoms. The van der Waals surface area contributed by atoms with Crippen molar-refractivity contribution in [3.05, 3.63) is 40.9 Å². The van der Waals surface area contributed by atoms with Gasteiger partial charge >= 0.3 is 0 Å². The number of benzene rings is 2. The van der Waals surface area contributed by atoms with Crippen LogP contribution in [0.2, 0.25) is 5.02 Å². The zero-order chi connectivity index (χ0) is 18.5. The predicted octanol–water partition coefficient (Wildman–Crippen LogP) is 3.70. The highest BCUT2D eigenvalue weighted by Gasteiger charge is 2.16. The van der Waals surface area contributed by atoms with Gasteiger partial charge in [0.2, 0.25) is 5.91 Å². The first-order chi connectivity index (χ1) is 12.6. The summed E-state index contributed by atoms with van der Waals surface area (Å²) < 4.78 is 21.5. The first-order valence-electron chi connectivity index (χ1n) is 8.20. The standard InChI is InChI=1S/C19H20ClNO5/c1-23-15-5-3-12(9-16(15)24-2)4-6-19(22)21-14-11-18-17(10-13(14)20)25-7-8-26-18/h3,5,9-11H,4,6-8H2,1-2H3,(H,21,22). The quantitative estimate of drug-likeness (QED) is 0.831. The number of carbonyl (C=O) groups excluding carboxylic acids is 1. The molecule has 0 aromatic heterocycles. The van der Waals surface area contributed by atoms with Crippen molar-refractivity contribution in [1.29, 1.82) is 0 Å². The maximum atomic E-state index is 12.3. The van der Waals surface area contributed by atoms with Crippen LogP contribution in [0.4, 0.5) is 5.69 Å². The van der Waals surface area contributed by atoms with Crippen molar-refractivity contribution in [1.82, 2.24) is 0 Å². The molecule has 1 amide bonds. The molecule has 0 unspecified atom stereocenters. The Morgan fingerprint density at radius 1 is 1.08 bits per heavy atom. The Kier molecular flexibility index (Phi) is 5.73. The molecule has 6 nitrogen and oxygen atoms in total. The van der Waals surface area contributed by atoms with E-state index in [1.807, 2.05) is 18.2 Å². The van der Waals surface area contributed by atoms with E-state index >= 15 is 0 Å². The average Bonchev–Trinajstić information content (AvgIpc) is 2.66. The van der Waals surface area contributed by atoms with Gasteiger partial charge in [-0.1, -0.05) is 17.7 Å². The largest absolute Gasteiger partial charge is 0.493 e. The molecule has 26 heavy (non-hydrogen) atoms. The van der Waals surface area contributed by atoms with E-state index in [9.17, 15) is 4.79 Å². The summed E-state index contributed by atoms with van der Waals surface area (Å²) in [6, 6.07) is 8.93. The van der Waals surface area contributed by atoms with E-state index in [1.54, 1.807) is 26.4 Å². The number of aryl methyl sites for hydroxylation is 1. The van der Waals surface area contributed by atoms with Crippen molar-refractivity contribution < 1.29 is 23.7 Å². The highest BCUT2D eigenvalue weighted by molar-refractivity contribution is 6.34. The molecule has 1 aliphatic heterocycles. The van der Waals surface area contributed by atoms with E-state index < -0.39 is 0 Å². The Morgan fingerprint density at radius 2 is 1.77 bits per heavy atom. The van der Waals surface area contributed by atoms with Crippen molar-refractivity contribution >= 4 is 23.2 Å². The highest BCUT2D eigenvalue weighted by Crippen LogP contribution is 2.38. The van der Waals surface area contributed by atoms with Gasteiger partial charge in [-0.3, -0.25) is 4.79 Å². The molecule has 0 saturated heterocycles. The Morgan fingerprint density at radius 3 is 2.46 bits per heavy atom. The Labute approximate surface area is 157 Å². The number of methoxy groups -OCH3 is 2. The zero-order valence-electron chi connectivity index (χ0n) is 14.6. The fourth-order valence-electron chi connectivity index (χ4n) is 2.67. The van der Waals surface area contributed by atoms with Crippen LogP contribution in [0.3, 0.4) is 0 Å². The van der Waals surface area contributed by atoms with Crippen LogP contribution in [0, 0.1) is 0 Å². The topological polar surface area (TPSA) is 66.0 Å². The summed E-state index contributed by atoms with van der Waals surface area (Å²) in [7, 11) is 3.17. The second-order valence-electron chi connectivity index (χ2n) is 5.71. The number of anilines is 1. The average molecular weight is 378 g/mol. The lowest BCUT2D eigenvalue weighted by Gasteiger charge is -2.20. The molecule has 2 aromatic rings. The van der Waals surface area contributed by atoms with Gasteiger partial charge in [0.05, 0.1) is 24.9 Å². The van der Waals surface area contributed by atoms with Gasteiger partial charge in [-0.2, -0.15) is 0 Å². The summed E-state index contributed by atoms with van der Waals surface area (Å²) in [4.78, 5) is 12.3. The van der Waals surface area contributed by atoms with E-state index in [2.05, 4.69) is 5.32 Å². The predicted molar refractivity (Wildman–Crippen MR) is 98.9 cm³/mol. The number of halogens is 1. The lowest BCUT2D eigenvalue weighted by atomic mass is 10.1. The molecule has 1 heterocycles. The second kappa shape index (κ2) is 8.19. The van der Waals surface area contributed by atoms with Gasteiger partial charge in [-0.15, -0.1) is 0 Å². The van der Waals surface area contributed by atoms with E-state index in [1.165, 1.54) is 0 Å². The minimum absolute atomic E-state index is 0.140. The molecular formula is C19H20ClNO5. The Hall–Kier alpha value is -2.60. The van der Waals surface area contributed by atoms with E-state index in [4.69, 9.17) is 30.5 Å². The van der Waals surface area contributed by atoms with Crippen molar-refractivity contribution in [2.75, 3.05) is 32.8 Å². The van der Waals surface area contributed by atoms with Crippen LogP contribution in [0.25, 0.3) is 0 Å². The summed E-state index contributed by atoms with van der Waals surface area (Å²) >= 11 is 6.21. The number of ether oxygens (including phenoxy) is 4. The minimum Gasteiger partial charge on any atom is -0.493 e. The van der Waals surface area contributed by atoms with Crippen LogP contribution in [-0.4, -0.2) is 33.3 Å². The molecule has 7 heteroatoms. The van der Waals surface area contributed by atoms with Crippen molar-refractivity contribution in [2.24, 2.45) is 0 Å². The molecule has 1 N–H and O–H groups in total. The number of carbonyl (C=O) groups is 1. The fourth-order valence-corrected chi connectivity index (χ4v) is 2.87. The van der Waals surface area contributed by atoms with E-state index in [0.717, 1.165) is 5.56 Å². The van der Waals surface area contributed by atoms with Crippen LogP contribution in [0.5, 0.6) is 23.0 Å². The van der Waals surface area contributed by atoms with Gasteiger partial charge in [0.1, 0.15) is 13.2 Å². The third-order valence-electron chi connectivity index (χ3n) is 3.99. The normalized spacial score (nSPS) is 12.4. The van der Waals surface area contributed by atoms with Gasteiger partial charge in [0.25, 0.3) is 0 Å². The number of fused-ring (bicyclic) bond motifs is 1. The Balaban J connectivity index is 1.63. The first-order valence-corrected chi connectivity index (χ1v) is 8.58. The minimum atomic E-state index is -0.140. The molecule has 0 bridgehead atoms. The van der Waals surface area contributed by atoms with Crippen LogP contribution < -0.4 is 24.3 Å². The lowest BCUT2D eigenvalue weighted by molar-refractivity contribution is -0.116. The molecule has 0 atom stereocenters. The van der Waals surface area contributed by atoms with Crippen molar-refractivity contribution in [3.8, 4) is 23.0 Å². The molecular weight excluding hydrogens is 358 g/mol. The second-order valence-corrected chi connectivity index (χ2v) is 6.12.